The molecule has 0 N–H and O–H groups in total. The Morgan fingerprint density at radius 2 is 1.82 bits per heavy atom. The summed E-state index contributed by atoms with van der Waals surface area (Å²) in [4.78, 5) is 0. The Balaban J connectivity index is 1.93. The Hall–Kier alpha value is -2.13. The van der Waals surface area contributed by atoms with Gasteiger partial charge in [0.25, 0.3) is 0 Å². The monoisotopic (exact) mass is 315 g/mol. The first-order valence-electron chi connectivity index (χ1n) is 7.26. The van der Waals surface area contributed by atoms with Gasteiger partial charge in [-0.05, 0) is 25.1 Å². The molecule has 3 rings (SSSR count). The van der Waals surface area contributed by atoms with Crippen molar-refractivity contribution in [2.45, 2.75) is 20.1 Å². The van der Waals surface area contributed by atoms with Gasteiger partial charge in [-0.15, -0.1) is 0 Å². The van der Waals surface area contributed by atoms with E-state index in [9.17, 15) is 0 Å². The maximum atomic E-state index is 6.34. The van der Waals surface area contributed by atoms with Crippen molar-refractivity contribution in [2.75, 3.05) is 7.11 Å². The summed E-state index contributed by atoms with van der Waals surface area (Å²) in [6.45, 7) is 3.45. The van der Waals surface area contributed by atoms with E-state index in [0.29, 0.717) is 6.61 Å². The third kappa shape index (κ3) is 2.64. The van der Waals surface area contributed by atoms with Crippen molar-refractivity contribution < 1.29 is 9.47 Å². The van der Waals surface area contributed by atoms with Crippen LogP contribution < -0.4 is 9.47 Å². The molecule has 0 amide bonds. The molecule has 114 valence electrons. The Kier molecular flexibility index (Phi) is 4.25. The lowest BCUT2D eigenvalue weighted by atomic mass is 10.2. The van der Waals surface area contributed by atoms with Crippen LogP contribution >= 0.6 is 11.6 Å². The van der Waals surface area contributed by atoms with Gasteiger partial charge in [0, 0.05) is 23.7 Å². The number of halogens is 1. The first-order chi connectivity index (χ1) is 10.7. The third-order valence-electron chi connectivity index (χ3n) is 3.72. The number of rotatable bonds is 5. The van der Waals surface area contributed by atoms with E-state index in [-0.39, 0.29) is 0 Å². The molecular formula is C18H18ClNO2. The lowest BCUT2D eigenvalue weighted by Gasteiger charge is -2.09. The van der Waals surface area contributed by atoms with Crippen molar-refractivity contribution in [3.63, 3.8) is 0 Å². The summed E-state index contributed by atoms with van der Waals surface area (Å²) in [7, 11) is 1.64. The van der Waals surface area contributed by atoms with E-state index in [1.165, 1.54) is 0 Å². The van der Waals surface area contributed by atoms with Crippen LogP contribution in [0.1, 0.15) is 12.5 Å². The molecule has 0 bridgehead atoms. The van der Waals surface area contributed by atoms with Crippen LogP contribution in [0.15, 0.2) is 48.7 Å². The number of ether oxygens (including phenoxy) is 2. The third-order valence-corrected chi connectivity index (χ3v) is 4.03. The van der Waals surface area contributed by atoms with Crippen LogP contribution in [-0.2, 0) is 13.2 Å². The minimum absolute atomic E-state index is 0.476. The molecule has 1 heterocycles. The predicted molar refractivity (Wildman–Crippen MR) is 89.9 cm³/mol. The van der Waals surface area contributed by atoms with Gasteiger partial charge in [0.05, 0.1) is 17.6 Å². The standard InChI is InChI=1S/C18H18ClNO2/c1-3-20-11-13(14-7-6-8-15(19)18(14)20)12-22-17-10-5-4-9-16(17)21-2/h4-11H,3,12H2,1-2H3. The van der Waals surface area contributed by atoms with Crippen molar-refractivity contribution in [3.05, 3.63) is 59.2 Å². The molecule has 0 fully saturated rings. The van der Waals surface area contributed by atoms with Gasteiger partial charge in [0.1, 0.15) is 6.61 Å². The lowest BCUT2D eigenvalue weighted by Crippen LogP contribution is -1.97. The van der Waals surface area contributed by atoms with Crippen molar-refractivity contribution in [1.29, 1.82) is 0 Å². The zero-order chi connectivity index (χ0) is 15.5. The van der Waals surface area contributed by atoms with Gasteiger partial charge >= 0.3 is 0 Å². The van der Waals surface area contributed by atoms with Gasteiger partial charge in [0.2, 0.25) is 0 Å². The number of aryl methyl sites for hydroxylation is 1. The Morgan fingerprint density at radius 3 is 2.55 bits per heavy atom. The Morgan fingerprint density at radius 1 is 1.05 bits per heavy atom. The fourth-order valence-corrected chi connectivity index (χ4v) is 2.93. The molecule has 22 heavy (non-hydrogen) atoms. The van der Waals surface area contributed by atoms with Gasteiger partial charge in [-0.25, -0.2) is 0 Å². The van der Waals surface area contributed by atoms with Crippen molar-refractivity contribution >= 4 is 22.5 Å². The maximum Gasteiger partial charge on any atom is 0.161 e. The average molecular weight is 316 g/mol. The molecule has 2 aromatic carbocycles. The summed E-state index contributed by atoms with van der Waals surface area (Å²) in [5, 5.41) is 1.90. The number of hydrogen-bond donors (Lipinski definition) is 0. The molecule has 0 aliphatic heterocycles. The van der Waals surface area contributed by atoms with Crippen molar-refractivity contribution in [3.8, 4) is 11.5 Å². The molecule has 0 spiro atoms. The molecule has 0 unspecified atom stereocenters. The lowest BCUT2D eigenvalue weighted by molar-refractivity contribution is 0.285. The molecule has 0 saturated carbocycles. The average Bonchev–Trinajstić information content (AvgIpc) is 2.92. The summed E-state index contributed by atoms with van der Waals surface area (Å²) in [5.41, 5.74) is 2.18. The van der Waals surface area contributed by atoms with E-state index < -0.39 is 0 Å². The Labute approximate surface area is 135 Å². The number of benzene rings is 2. The van der Waals surface area contributed by atoms with Crippen LogP contribution in [0.25, 0.3) is 10.9 Å². The number of hydrogen-bond acceptors (Lipinski definition) is 2. The molecule has 0 radical (unpaired) electrons. The second-order valence-electron chi connectivity index (χ2n) is 5.02. The fraction of sp³-hybridized carbons (Fsp3) is 0.222. The van der Waals surface area contributed by atoms with Crippen LogP contribution in [0, 0.1) is 0 Å². The maximum absolute atomic E-state index is 6.34. The highest BCUT2D eigenvalue weighted by atomic mass is 35.5. The van der Waals surface area contributed by atoms with Gasteiger partial charge in [-0.3, -0.25) is 0 Å². The molecule has 0 saturated heterocycles. The minimum atomic E-state index is 0.476. The zero-order valence-corrected chi connectivity index (χ0v) is 13.4. The summed E-state index contributed by atoms with van der Waals surface area (Å²) in [5.74, 6) is 1.48. The first-order valence-corrected chi connectivity index (χ1v) is 7.64. The molecule has 3 aromatic rings. The highest BCUT2D eigenvalue weighted by molar-refractivity contribution is 6.35. The largest absolute Gasteiger partial charge is 0.493 e. The van der Waals surface area contributed by atoms with Gasteiger partial charge < -0.3 is 14.0 Å². The van der Waals surface area contributed by atoms with E-state index in [0.717, 1.165) is 39.5 Å². The normalized spacial score (nSPS) is 10.9. The summed E-state index contributed by atoms with van der Waals surface area (Å²) >= 11 is 6.34. The fourth-order valence-electron chi connectivity index (χ4n) is 2.65. The molecule has 4 heteroatoms. The van der Waals surface area contributed by atoms with Crippen LogP contribution in [-0.4, -0.2) is 11.7 Å². The van der Waals surface area contributed by atoms with Crippen molar-refractivity contribution in [2.24, 2.45) is 0 Å². The predicted octanol–water partition coefficient (Wildman–Crippen LogP) is 4.90. The van der Waals surface area contributed by atoms with Crippen LogP contribution in [0.5, 0.6) is 11.5 Å². The number of nitrogens with zero attached hydrogens (tertiary/aromatic N) is 1. The first kappa shape index (κ1) is 14.8. The topological polar surface area (TPSA) is 23.4 Å². The van der Waals surface area contributed by atoms with Gasteiger partial charge in [0.15, 0.2) is 11.5 Å². The quantitative estimate of drug-likeness (QED) is 0.668. The highest BCUT2D eigenvalue weighted by Crippen LogP contribution is 2.31. The number of aromatic nitrogens is 1. The SMILES string of the molecule is CCn1cc(COc2ccccc2OC)c2cccc(Cl)c21. The zero-order valence-electron chi connectivity index (χ0n) is 12.7. The Bertz CT molecular complexity index is 795. The minimum Gasteiger partial charge on any atom is -0.493 e. The van der Waals surface area contributed by atoms with E-state index in [1.807, 2.05) is 36.4 Å². The van der Waals surface area contributed by atoms with Crippen LogP contribution in [0.2, 0.25) is 5.02 Å². The van der Waals surface area contributed by atoms with E-state index in [4.69, 9.17) is 21.1 Å². The van der Waals surface area contributed by atoms with Gasteiger partial charge in [-0.1, -0.05) is 35.9 Å². The summed E-state index contributed by atoms with van der Waals surface area (Å²) < 4.78 is 13.4. The van der Waals surface area contributed by atoms with Crippen molar-refractivity contribution in [1.82, 2.24) is 4.57 Å². The van der Waals surface area contributed by atoms with E-state index >= 15 is 0 Å². The van der Waals surface area contributed by atoms with Crippen LogP contribution in [0.3, 0.4) is 0 Å². The molecule has 0 aliphatic carbocycles. The van der Waals surface area contributed by atoms with Gasteiger partial charge in [-0.2, -0.15) is 0 Å². The number of methoxy groups -OCH3 is 1. The molecule has 1 aromatic heterocycles. The molecule has 0 atom stereocenters. The van der Waals surface area contributed by atoms with E-state index in [1.54, 1.807) is 7.11 Å². The molecule has 0 aliphatic rings. The van der Waals surface area contributed by atoms with Crippen LogP contribution in [0.4, 0.5) is 0 Å². The second-order valence-corrected chi connectivity index (χ2v) is 5.42. The number of para-hydroxylation sites is 3. The summed E-state index contributed by atoms with van der Waals surface area (Å²) in [6, 6.07) is 13.6. The second kappa shape index (κ2) is 6.32. The molecule has 3 nitrogen and oxygen atoms in total. The smallest absolute Gasteiger partial charge is 0.161 e. The highest BCUT2D eigenvalue weighted by Gasteiger charge is 2.12. The number of fused-ring (bicyclic) bond motifs is 1. The molecular weight excluding hydrogens is 298 g/mol. The summed E-state index contributed by atoms with van der Waals surface area (Å²) in [6.07, 6.45) is 2.10. The van der Waals surface area contributed by atoms with E-state index in [2.05, 4.69) is 23.8 Å².